The zero-order valence-corrected chi connectivity index (χ0v) is 12.2. The van der Waals surface area contributed by atoms with E-state index in [9.17, 15) is 14.9 Å². The predicted molar refractivity (Wildman–Crippen MR) is 76.6 cm³/mol. The van der Waals surface area contributed by atoms with Crippen molar-refractivity contribution in [3.05, 3.63) is 27.9 Å². The number of nitrogens with zero attached hydrogens (tertiary/aromatic N) is 2. The van der Waals surface area contributed by atoms with Crippen LogP contribution in [0.2, 0.25) is 0 Å². The monoisotopic (exact) mass is 280 g/mol. The zero-order chi connectivity index (χ0) is 15.3. The van der Waals surface area contributed by atoms with E-state index in [0.29, 0.717) is 12.1 Å². The second kappa shape index (κ2) is 6.31. The summed E-state index contributed by atoms with van der Waals surface area (Å²) in [7, 11) is 0. The molecule has 0 fully saturated rings. The van der Waals surface area contributed by atoms with Crippen LogP contribution in [0.1, 0.15) is 26.3 Å². The first-order chi connectivity index (χ1) is 9.29. The maximum Gasteiger partial charge on any atom is 0.314 e. The van der Waals surface area contributed by atoms with Gasteiger partial charge in [0.25, 0.3) is 0 Å². The maximum atomic E-state index is 11.9. The Labute approximate surface area is 117 Å². The minimum Gasteiger partial charge on any atom is -0.363 e. The maximum absolute atomic E-state index is 11.9. The van der Waals surface area contributed by atoms with E-state index in [0.717, 1.165) is 0 Å². The van der Waals surface area contributed by atoms with Gasteiger partial charge in [0.2, 0.25) is 11.7 Å². The van der Waals surface area contributed by atoms with Crippen molar-refractivity contribution >= 4 is 17.4 Å². The highest BCUT2D eigenvalue weighted by atomic mass is 16.6. The van der Waals surface area contributed by atoms with Crippen LogP contribution in [-0.2, 0) is 4.79 Å². The van der Waals surface area contributed by atoms with Crippen LogP contribution in [0, 0.1) is 22.5 Å². The molecule has 0 aliphatic rings. The first-order valence-corrected chi connectivity index (χ1v) is 6.41. The molecule has 0 aliphatic heterocycles. The third-order valence-corrected chi connectivity index (χ3v) is 2.96. The first kappa shape index (κ1) is 15.9. The molecule has 110 valence electrons. The van der Waals surface area contributed by atoms with E-state index >= 15 is 0 Å². The summed E-state index contributed by atoms with van der Waals surface area (Å²) < 4.78 is 0. The second-order valence-corrected chi connectivity index (χ2v) is 5.18. The Hall–Kier alpha value is -2.18. The van der Waals surface area contributed by atoms with E-state index in [2.05, 4.69) is 15.6 Å². The summed E-state index contributed by atoms with van der Waals surface area (Å²) in [5.74, 6) is 0.0789. The molecule has 0 saturated heterocycles. The fourth-order valence-electron chi connectivity index (χ4n) is 1.70. The molecule has 0 saturated carbocycles. The molecule has 1 aromatic heterocycles. The number of anilines is 1. The second-order valence-electron chi connectivity index (χ2n) is 5.18. The number of carbonyl (C=O) groups is 1. The molecular formula is C13H20N4O3. The molecule has 0 radical (unpaired) electrons. The van der Waals surface area contributed by atoms with Gasteiger partial charge in [-0.2, -0.15) is 0 Å². The Balaban J connectivity index is 2.88. The molecule has 0 atom stereocenters. The summed E-state index contributed by atoms with van der Waals surface area (Å²) in [4.78, 5) is 26.4. The number of hydrogen-bond acceptors (Lipinski definition) is 5. The number of nitrogens with one attached hydrogen (secondary N) is 2. The van der Waals surface area contributed by atoms with Crippen LogP contribution in [0.25, 0.3) is 0 Å². The molecule has 0 bridgehead atoms. The van der Waals surface area contributed by atoms with Gasteiger partial charge < -0.3 is 10.6 Å². The Morgan fingerprint density at radius 2 is 2.15 bits per heavy atom. The molecule has 0 aromatic carbocycles. The molecule has 7 heteroatoms. The van der Waals surface area contributed by atoms with Crippen LogP contribution < -0.4 is 10.6 Å². The van der Waals surface area contributed by atoms with Crippen LogP contribution in [0.3, 0.4) is 0 Å². The number of pyridine rings is 1. The predicted octanol–water partition coefficient (Wildman–Crippen LogP) is 1.87. The van der Waals surface area contributed by atoms with Crippen LogP contribution in [-0.4, -0.2) is 28.9 Å². The SMILES string of the molecule is CCNC(=O)C(C)(C)CNc1nccc(C)c1[N+](=O)[O-]. The van der Waals surface area contributed by atoms with Gasteiger partial charge >= 0.3 is 5.69 Å². The van der Waals surface area contributed by atoms with Gasteiger partial charge in [-0.3, -0.25) is 14.9 Å². The average Bonchev–Trinajstić information content (AvgIpc) is 2.36. The molecule has 1 heterocycles. The van der Waals surface area contributed by atoms with Gasteiger partial charge in [-0.05, 0) is 33.8 Å². The molecule has 2 N–H and O–H groups in total. The Bertz CT molecular complexity index is 514. The van der Waals surface area contributed by atoms with Gasteiger partial charge in [-0.15, -0.1) is 0 Å². The fourth-order valence-corrected chi connectivity index (χ4v) is 1.70. The number of aryl methyl sites for hydroxylation is 1. The highest BCUT2D eigenvalue weighted by Crippen LogP contribution is 2.26. The Morgan fingerprint density at radius 3 is 2.70 bits per heavy atom. The van der Waals surface area contributed by atoms with Crippen molar-refractivity contribution in [2.24, 2.45) is 5.41 Å². The summed E-state index contributed by atoms with van der Waals surface area (Å²) >= 11 is 0. The lowest BCUT2D eigenvalue weighted by molar-refractivity contribution is -0.384. The zero-order valence-electron chi connectivity index (χ0n) is 12.2. The summed E-state index contributed by atoms with van der Waals surface area (Å²) in [5.41, 5.74) is -0.211. The normalized spacial score (nSPS) is 11.0. The van der Waals surface area contributed by atoms with E-state index in [1.54, 1.807) is 26.8 Å². The van der Waals surface area contributed by atoms with Crippen LogP contribution in [0.5, 0.6) is 0 Å². The van der Waals surface area contributed by atoms with Crippen molar-refractivity contribution in [3.8, 4) is 0 Å². The van der Waals surface area contributed by atoms with E-state index in [4.69, 9.17) is 0 Å². The minimum atomic E-state index is -0.685. The van der Waals surface area contributed by atoms with Gasteiger partial charge in [0, 0.05) is 24.8 Å². The summed E-state index contributed by atoms with van der Waals surface area (Å²) in [6, 6.07) is 1.58. The smallest absolute Gasteiger partial charge is 0.314 e. The van der Waals surface area contributed by atoms with Gasteiger partial charge in [0.05, 0.1) is 10.3 Å². The van der Waals surface area contributed by atoms with Crippen molar-refractivity contribution in [1.82, 2.24) is 10.3 Å². The molecule has 20 heavy (non-hydrogen) atoms. The lowest BCUT2D eigenvalue weighted by atomic mass is 9.92. The third kappa shape index (κ3) is 3.66. The van der Waals surface area contributed by atoms with E-state index < -0.39 is 10.3 Å². The van der Waals surface area contributed by atoms with Gasteiger partial charge in [0.1, 0.15) is 0 Å². The molecular weight excluding hydrogens is 260 g/mol. The topological polar surface area (TPSA) is 97.2 Å². The number of amides is 1. The van der Waals surface area contributed by atoms with Gasteiger partial charge in [-0.25, -0.2) is 4.98 Å². The minimum absolute atomic E-state index is 0.0563. The lowest BCUT2D eigenvalue weighted by Gasteiger charge is -2.23. The lowest BCUT2D eigenvalue weighted by Crippen LogP contribution is -2.41. The molecule has 7 nitrogen and oxygen atoms in total. The molecule has 1 amide bonds. The van der Waals surface area contributed by atoms with E-state index in [1.165, 1.54) is 6.20 Å². The quantitative estimate of drug-likeness (QED) is 0.612. The van der Waals surface area contributed by atoms with Crippen molar-refractivity contribution in [2.45, 2.75) is 27.7 Å². The van der Waals surface area contributed by atoms with Crippen molar-refractivity contribution in [2.75, 3.05) is 18.4 Å². The standard InChI is InChI=1S/C13H20N4O3/c1-5-14-12(18)13(3,4)8-16-11-10(17(19)20)9(2)6-7-15-11/h6-7H,5,8H2,1-4H3,(H,14,18)(H,15,16). The van der Waals surface area contributed by atoms with Crippen molar-refractivity contribution in [3.63, 3.8) is 0 Å². The van der Waals surface area contributed by atoms with E-state index in [1.807, 2.05) is 6.92 Å². The Morgan fingerprint density at radius 1 is 1.50 bits per heavy atom. The van der Waals surface area contributed by atoms with Gasteiger partial charge in [0.15, 0.2) is 0 Å². The highest BCUT2D eigenvalue weighted by molar-refractivity contribution is 5.82. The highest BCUT2D eigenvalue weighted by Gasteiger charge is 2.28. The van der Waals surface area contributed by atoms with Crippen molar-refractivity contribution in [1.29, 1.82) is 0 Å². The van der Waals surface area contributed by atoms with Crippen molar-refractivity contribution < 1.29 is 9.72 Å². The van der Waals surface area contributed by atoms with Crippen LogP contribution in [0.15, 0.2) is 12.3 Å². The largest absolute Gasteiger partial charge is 0.363 e. The number of aromatic nitrogens is 1. The molecule has 1 aromatic rings. The number of nitro groups is 1. The number of carbonyl (C=O) groups excluding carboxylic acids is 1. The summed E-state index contributed by atoms with van der Waals surface area (Å²) in [6.45, 7) is 7.84. The average molecular weight is 280 g/mol. The molecule has 0 unspecified atom stereocenters. The molecule has 0 aliphatic carbocycles. The Kier molecular flexibility index (Phi) is 5.01. The summed E-state index contributed by atoms with van der Waals surface area (Å²) in [6.07, 6.45) is 1.50. The van der Waals surface area contributed by atoms with Crippen LogP contribution >= 0.6 is 0 Å². The summed E-state index contributed by atoms with van der Waals surface area (Å²) in [5, 5.41) is 16.7. The van der Waals surface area contributed by atoms with Crippen LogP contribution in [0.4, 0.5) is 11.5 Å². The number of rotatable bonds is 6. The van der Waals surface area contributed by atoms with E-state index in [-0.39, 0.29) is 24.0 Å². The third-order valence-electron chi connectivity index (χ3n) is 2.96. The molecule has 0 spiro atoms. The first-order valence-electron chi connectivity index (χ1n) is 6.41. The molecule has 1 rings (SSSR count). The number of hydrogen-bond donors (Lipinski definition) is 2. The fraction of sp³-hybridized carbons (Fsp3) is 0.538. The van der Waals surface area contributed by atoms with Gasteiger partial charge in [-0.1, -0.05) is 0 Å².